The Labute approximate surface area is 146 Å². The molecule has 0 amide bonds. The van der Waals surface area contributed by atoms with Crippen molar-refractivity contribution in [3.8, 4) is 0 Å². The second-order valence-corrected chi connectivity index (χ2v) is 5.34. The molecule has 3 N–H and O–H groups in total. The van der Waals surface area contributed by atoms with E-state index in [-0.39, 0.29) is 30.1 Å². The molecule has 21 heavy (non-hydrogen) atoms. The number of nitrogens with zero attached hydrogens (tertiary/aromatic N) is 2. The Bertz CT molecular complexity index is 606. The number of rotatable bonds is 2. The van der Waals surface area contributed by atoms with Gasteiger partial charge in [0.15, 0.2) is 5.69 Å². The van der Waals surface area contributed by atoms with E-state index in [4.69, 9.17) is 10.9 Å². The van der Waals surface area contributed by atoms with Crippen LogP contribution in [0.1, 0.15) is 11.7 Å². The van der Waals surface area contributed by atoms with Crippen LogP contribution < -0.4 is 34.8 Å². The maximum atomic E-state index is 6.25. The minimum absolute atomic E-state index is 0. The number of benzene rings is 2. The molecule has 110 valence electrons. The predicted octanol–water partition coefficient (Wildman–Crippen LogP) is -1.27. The van der Waals surface area contributed by atoms with Crippen LogP contribution in [0.3, 0.4) is 0 Å². The van der Waals surface area contributed by atoms with Crippen molar-refractivity contribution < 1.29 is 29.0 Å². The number of hydrogen-bond donors (Lipinski definition) is 2. The van der Waals surface area contributed by atoms with Crippen molar-refractivity contribution >= 4 is 22.6 Å². The fourth-order valence-corrected chi connectivity index (χ4v) is 2.91. The molecule has 0 spiro atoms. The van der Waals surface area contributed by atoms with Gasteiger partial charge in [0.1, 0.15) is 0 Å². The molecule has 1 aliphatic rings. The fourth-order valence-electron chi connectivity index (χ4n) is 2.40. The average Bonchev–Trinajstić information content (AvgIpc) is 2.86. The van der Waals surface area contributed by atoms with Gasteiger partial charge in [-0.25, -0.2) is 10.9 Å². The highest BCUT2D eigenvalue weighted by Crippen LogP contribution is 2.21. The lowest BCUT2D eigenvalue weighted by molar-refractivity contribution is -0.877. The lowest BCUT2D eigenvalue weighted by atomic mass is 10.1. The molecule has 0 radical (unpaired) electrons. The highest BCUT2D eigenvalue weighted by Gasteiger charge is 2.39. The van der Waals surface area contributed by atoms with E-state index in [9.17, 15) is 0 Å². The minimum atomic E-state index is -0.0268. The highest BCUT2D eigenvalue weighted by atomic mass is 127. The number of para-hydroxylation sites is 1. The van der Waals surface area contributed by atoms with Gasteiger partial charge >= 0.3 is 0 Å². The Morgan fingerprint density at radius 3 is 2.19 bits per heavy atom. The minimum Gasteiger partial charge on any atom is -1.00 e. The van der Waals surface area contributed by atoms with Crippen molar-refractivity contribution in [2.45, 2.75) is 6.17 Å². The van der Waals surface area contributed by atoms with Crippen LogP contribution in [0, 0.1) is 0 Å². The molecule has 0 saturated heterocycles. The van der Waals surface area contributed by atoms with Crippen molar-refractivity contribution in [1.29, 1.82) is 0 Å². The van der Waals surface area contributed by atoms with Gasteiger partial charge in [-0.2, -0.15) is 0 Å². The summed E-state index contributed by atoms with van der Waals surface area (Å²) in [6.07, 6.45) is 1.97. The first-order chi connectivity index (χ1) is 9.81. The number of nitrogens with one attached hydrogen (secondary N) is 1. The molecule has 2 aromatic carbocycles. The Hall–Kier alpha value is -1.09. The molecule has 6 heteroatoms. The second kappa shape index (κ2) is 7.26. The van der Waals surface area contributed by atoms with E-state index >= 15 is 0 Å². The van der Waals surface area contributed by atoms with E-state index < -0.39 is 0 Å². The predicted molar refractivity (Wildman–Crippen MR) is 83.2 cm³/mol. The van der Waals surface area contributed by atoms with Gasteiger partial charge in [-0.3, -0.25) is 0 Å². The molecule has 4 nitrogen and oxygen atoms in total. The van der Waals surface area contributed by atoms with E-state index in [0.29, 0.717) is 0 Å². The molecular weight excluding hydrogens is 395 g/mol. The van der Waals surface area contributed by atoms with E-state index in [1.807, 2.05) is 42.7 Å². The molecule has 1 aliphatic heterocycles. The zero-order valence-corrected chi connectivity index (χ0v) is 14.6. The Kier molecular flexibility index (Phi) is 5.63. The molecule has 0 aliphatic carbocycles. The fraction of sp³-hybridized carbons (Fsp3) is 0.133. The smallest absolute Gasteiger partial charge is 0.238 e. The van der Waals surface area contributed by atoms with E-state index in [2.05, 4.69) is 24.3 Å². The van der Waals surface area contributed by atoms with Crippen LogP contribution in [0.25, 0.3) is 0 Å². The summed E-state index contributed by atoms with van der Waals surface area (Å²) < 4.78 is 0. The van der Waals surface area contributed by atoms with Gasteiger partial charge in [-0.15, -0.1) is 5.01 Å². The van der Waals surface area contributed by atoms with Crippen molar-refractivity contribution in [1.82, 2.24) is 5.01 Å². The molecule has 3 rings (SSSR count). The van der Waals surface area contributed by atoms with Crippen LogP contribution in [-0.2, 0) is 0 Å². The highest BCUT2D eigenvalue weighted by molar-refractivity contribution is 8.13. The van der Waals surface area contributed by atoms with Crippen molar-refractivity contribution in [3.63, 3.8) is 0 Å². The monoisotopic (exact) mass is 412 g/mol. The lowest BCUT2D eigenvalue weighted by Gasteiger charge is -2.23. The maximum absolute atomic E-state index is 6.25. The molecule has 1 heterocycles. The second-order valence-electron chi connectivity index (χ2n) is 4.57. The summed E-state index contributed by atoms with van der Waals surface area (Å²) in [5.41, 5.74) is 2.27. The van der Waals surface area contributed by atoms with Crippen LogP contribution >= 0.6 is 11.8 Å². The third-order valence-electron chi connectivity index (χ3n) is 3.34. The summed E-state index contributed by atoms with van der Waals surface area (Å²) in [4.78, 5) is 0. The molecule has 0 bridgehead atoms. The van der Waals surface area contributed by atoms with Gasteiger partial charge in [0.05, 0.1) is 0 Å². The SMILES string of the molecule is CSC1=N[NH+](c2ccccc2)C(c2ccccc2)N1N.[I-]. The molecule has 0 aromatic heterocycles. The van der Waals surface area contributed by atoms with Gasteiger partial charge in [0.2, 0.25) is 11.3 Å². The largest absolute Gasteiger partial charge is 1.00 e. The van der Waals surface area contributed by atoms with E-state index in [1.54, 1.807) is 16.8 Å². The first kappa shape index (κ1) is 16.3. The lowest BCUT2D eigenvalue weighted by Crippen LogP contribution is -3.02. The average molecular weight is 412 g/mol. The van der Waals surface area contributed by atoms with E-state index in [1.165, 1.54) is 0 Å². The summed E-state index contributed by atoms with van der Waals surface area (Å²) in [5, 5.41) is 8.31. The molecule has 0 saturated carbocycles. The number of halogens is 1. The van der Waals surface area contributed by atoms with Crippen LogP contribution in [-0.4, -0.2) is 16.4 Å². The van der Waals surface area contributed by atoms with Crippen molar-refractivity contribution in [3.05, 3.63) is 66.2 Å². The summed E-state index contributed by atoms with van der Waals surface area (Å²) in [6.45, 7) is 0. The van der Waals surface area contributed by atoms with Gasteiger partial charge in [0, 0.05) is 17.7 Å². The number of quaternary nitrogens is 1. The molecule has 0 fully saturated rings. The standard InChI is InChI=1S/C15H16N4S.HI/c1-20-15-17-19(13-10-6-3-7-11-13)14(18(15)16)12-8-4-2-5-9-12;/h2-11,14H,16H2,1H3;1H. The summed E-state index contributed by atoms with van der Waals surface area (Å²) in [6, 6.07) is 20.5. The third-order valence-corrected chi connectivity index (χ3v) is 4.01. The molecule has 2 atom stereocenters. The Balaban J connectivity index is 0.00000161. The number of hydrogen-bond acceptors (Lipinski definition) is 4. The zero-order chi connectivity index (χ0) is 13.9. The molecular formula is C15H17IN4S. The topological polar surface area (TPSA) is 46.1 Å². The number of thioether (sulfide) groups is 1. The van der Waals surface area contributed by atoms with Gasteiger partial charge < -0.3 is 24.0 Å². The first-order valence-corrected chi connectivity index (χ1v) is 7.67. The van der Waals surface area contributed by atoms with Gasteiger partial charge in [-0.1, -0.05) is 60.3 Å². The van der Waals surface area contributed by atoms with Crippen molar-refractivity contribution in [2.75, 3.05) is 6.26 Å². The van der Waals surface area contributed by atoms with E-state index in [0.717, 1.165) is 21.4 Å². The van der Waals surface area contributed by atoms with Crippen LogP contribution in [0.15, 0.2) is 65.8 Å². The van der Waals surface area contributed by atoms with Crippen molar-refractivity contribution in [2.24, 2.45) is 10.9 Å². The van der Waals surface area contributed by atoms with Gasteiger partial charge in [0.25, 0.3) is 0 Å². The Morgan fingerprint density at radius 2 is 1.62 bits per heavy atom. The number of amidine groups is 1. The zero-order valence-electron chi connectivity index (χ0n) is 11.6. The quantitative estimate of drug-likeness (QED) is 0.478. The normalized spacial score (nSPS) is 20.9. The molecule has 2 aromatic rings. The summed E-state index contributed by atoms with van der Waals surface area (Å²) in [5.74, 6) is 6.25. The molecule has 2 unspecified atom stereocenters. The maximum Gasteiger partial charge on any atom is 0.238 e. The Morgan fingerprint density at radius 1 is 1.05 bits per heavy atom. The van der Waals surface area contributed by atoms with Crippen LogP contribution in [0.2, 0.25) is 0 Å². The van der Waals surface area contributed by atoms with Gasteiger partial charge in [-0.05, 0) is 11.4 Å². The third kappa shape index (κ3) is 3.23. The summed E-state index contributed by atoms with van der Waals surface area (Å²) >= 11 is 1.57. The van der Waals surface area contributed by atoms with Crippen LogP contribution in [0.5, 0.6) is 0 Å². The summed E-state index contributed by atoms with van der Waals surface area (Å²) in [7, 11) is 0. The van der Waals surface area contributed by atoms with Crippen LogP contribution in [0.4, 0.5) is 5.69 Å². The number of hydrazine groups is 1. The first-order valence-electron chi connectivity index (χ1n) is 6.45. The number of nitrogens with two attached hydrogens (primary N) is 1.